The number of ketones is 1. The molecule has 0 aliphatic carbocycles. The van der Waals surface area contributed by atoms with Crippen molar-refractivity contribution in [2.24, 2.45) is 0 Å². The zero-order chi connectivity index (χ0) is 18.5. The number of piperazine rings is 1. The second-order valence-electron chi connectivity index (χ2n) is 6.09. The van der Waals surface area contributed by atoms with Gasteiger partial charge >= 0.3 is 0 Å². The summed E-state index contributed by atoms with van der Waals surface area (Å²) in [5, 5.41) is 10.0. The third-order valence-corrected chi connectivity index (χ3v) is 5.29. The Morgan fingerprint density at radius 2 is 1.85 bits per heavy atom. The standard InChI is InChI=1S/C18H22N4O3S/c1-13-19-20-18(26-13)22-11-9-21(10-12-22)17(24)8-7-15(23)14-5-3-4-6-16(14)25-2/h3-6H,7-12H2,1-2H3. The lowest BCUT2D eigenvalue weighted by atomic mass is 10.0. The molecule has 0 atom stereocenters. The molecule has 2 heterocycles. The first kappa shape index (κ1) is 18.3. The smallest absolute Gasteiger partial charge is 0.223 e. The maximum Gasteiger partial charge on any atom is 0.223 e. The largest absolute Gasteiger partial charge is 0.496 e. The first-order valence-corrected chi connectivity index (χ1v) is 9.39. The molecule has 26 heavy (non-hydrogen) atoms. The van der Waals surface area contributed by atoms with Crippen LogP contribution in [0, 0.1) is 6.92 Å². The molecule has 0 spiro atoms. The number of rotatable bonds is 6. The van der Waals surface area contributed by atoms with Gasteiger partial charge in [-0.1, -0.05) is 23.5 Å². The fourth-order valence-corrected chi connectivity index (χ4v) is 3.69. The number of carbonyl (C=O) groups is 2. The number of nitrogens with zero attached hydrogens (tertiary/aromatic N) is 4. The van der Waals surface area contributed by atoms with Crippen LogP contribution < -0.4 is 9.64 Å². The molecule has 0 saturated carbocycles. The first-order valence-electron chi connectivity index (χ1n) is 8.57. The van der Waals surface area contributed by atoms with Gasteiger partial charge in [-0.2, -0.15) is 0 Å². The Balaban J connectivity index is 1.49. The van der Waals surface area contributed by atoms with Crippen molar-refractivity contribution >= 4 is 28.2 Å². The molecule has 1 aliphatic rings. The monoisotopic (exact) mass is 374 g/mol. The lowest BCUT2D eigenvalue weighted by Crippen LogP contribution is -2.48. The van der Waals surface area contributed by atoms with Crippen molar-refractivity contribution in [1.29, 1.82) is 0 Å². The molecule has 1 fully saturated rings. The highest BCUT2D eigenvalue weighted by Crippen LogP contribution is 2.22. The summed E-state index contributed by atoms with van der Waals surface area (Å²) in [6, 6.07) is 7.10. The van der Waals surface area contributed by atoms with E-state index in [2.05, 4.69) is 15.1 Å². The van der Waals surface area contributed by atoms with Gasteiger partial charge in [0.25, 0.3) is 0 Å². The topological polar surface area (TPSA) is 75.6 Å². The molecule has 3 rings (SSSR count). The molecule has 1 aromatic carbocycles. The van der Waals surface area contributed by atoms with Crippen LogP contribution in [-0.2, 0) is 4.79 Å². The molecule has 1 amide bonds. The average Bonchev–Trinajstić information content (AvgIpc) is 3.12. The van der Waals surface area contributed by atoms with Gasteiger partial charge in [-0.25, -0.2) is 0 Å². The molecular formula is C18H22N4O3S. The van der Waals surface area contributed by atoms with E-state index in [1.165, 1.54) is 7.11 Å². The maximum atomic E-state index is 12.4. The van der Waals surface area contributed by atoms with Crippen molar-refractivity contribution in [1.82, 2.24) is 15.1 Å². The summed E-state index contributed by atoms with van der Waals surface area (Å²) in [7, 11) is 1.54. The van der Waals surface area contributed by atoms with E-state index in [9.17, 15) is 9.59 Å². The second-order valence-corrected chi connectivity index (χ2v) is 7.26. The third kappa shape index (κ3) is 4.19. The number of amides is 1. The Morgan fingerprint density at radius 3 is 2.50 bits per heavy atom. The van der Waals surface area contributed by atoms with E-state index in [1.807, 2.05) is 17.9 Å². The van der Waals surface area contributed by atoms with Crippen molar-refractivity contribution in [3.63, 3.8) is 0 Å². The number of Topliss-reactive ketones (excluding diaryl/α,β-unsaturated/α-hetero) is 1. The SMILES string of the molecule is COc1ccccc1C(=O)CCC(=O)N1CCN(c2nnc(C)s2)CC1. The number of anilines is 1. The molecule has 0 radical (unpaired) electrons. The second kappa shape index (κ2) is 8.27. The number of hydrogen-bond acceptors (Lipinski definition) is 7. The Labute approximate surface area is 156 Å². The Kier molecular flexibility index (Phi) is 5.82. The molecule has 8 heteroatoms. The van der Waals surface area contributed by atoms with E-state index >= 15 is 0 Å². The van der Waals surface area contributed by atoms with Gasteiger partial charge in [-0.3, -0.25) is 9.59 Å². The summed E-state index contributed by atoms with van der Waals surface area (Å²) in [5.74, 6) is 0.492. The first-order chi connectivity index (χ1) is 12.6. The quantitative estimate of drug-likeness (QED) is 0.722. The van der Waals surface area contributed by atoms with Crippen LogP contribution in [0.1, 0.15) is 28.2 Å². The average molecular weight is 374 g/mol. The predicted molar refractivity (Wildman–Crippen MR) is 100.0 cm³/mol. The van der Waals surface area contributed by atoms with Gasteiger partial charge in [0.15, 0.2) is 5.78 Å². The third-order valence-electron chi connectivity index (χ3n) is 4.39. The van der Waals surface area contributed by atoms with Crippen LogP contribution >= 0.6 is 11.3 Å². The molecule has 0 N–H and O–H groups in total. The van der Waals surface area contributed by atoms with Crippen LogP contribution in [0.3, 0.4) is 0 Å². The summed E-state index contributed by atoms with van der Waals surface area (Å²) in [6.07, 6.45) is 0.407. The number of carbonyl (C=O) groups excluding carboxylic acids is 2. The fourth-order valence-electron chi connectivity index (χ4n) is 2.95. The van der Waals surface area contributed by atoms with Gasteiger partial charge in [-0.15, -0.1) is 10.2 Å². The van der Waals surface area contributed by atoms with E-state index in [4.69, 9.17) is 4.74 Å². The van der Waals surface area contributed by atoms with Gasteiger partial charge in [0.05, 0.1) is 12.7 Å². The van der Waals surface area contributed by atoms with E-state index in [1.54, 1.807) is 29.5 Å². The predicted octanol–water partition coefficient (Wildman–Crippen LogP) is 2.17. The summed E-state index contributed by atoms with van der Waals surface area (Å²) in [6.45, 7) is 4.68. The zero-order valence-electron chi connectivity index (χ0n) is 15.0. The molecule has 138 valence electrons. The minimum Gasteiger partial charge on any atom is -0.496 e. The normalized spacial score (nSPS) is 14.4. The molecule has 0 bridgehead atoms. The van der Waals surface area contributed by atoms with Gasteiger partial charge in [0.1, 0.15) is 10.8 Å². The zero-order valence-corrected chi connectivity index (χ0v) is 15.8. The Morgan fingerprint density at radius 1 is 1.12 bits per heavy atom. The molecular weight excluding hydrogens is 352 g/mol. The van der Waals surface area contributed by atoms with Gasteiger partial charge in [0.2, 0.25) is 11.0 Å². The van der Waals surface area contributed by atoms with Crippen molar-refractivity contribution in [3.05, 3.63) is 34.8 Å². The number of hydrogen-bond donors (Lipinski definition) is 0. The van der Waals surface area contributed by atoms with Gasteiger partial charge in [0, 0.05) is 39.0 Å². The van der Waals surface area contributed by atoms with Crippen LogP contribution in [0.2, 0.25) is 0 Å². The summed E-state index contributed by atoms with van der Waals surface area (Å²) >= 11 is 1.56. The van der Waals surface area contributed by atoms with Gasteiger partial charge in [-0.05, 0) is 19.1 Å². The number of aromatic nitrogens is 2. The number of para-hydroxylation sites is 1. The van der Waals surface area contributed by atoms with Crippen LogP contribution in [-0.4, -0.2) is 60.1 Å². The molecule has 7 nitrogen and oxygen atoms in total. The van der Waals surface area contributed by atoms with Crippen molar-refractivity contribution in [2.45, 2.75) is 19.8 Å². The Hall–Kier alpha value is -2.48. The van der Waals surface area contributed by atoms with Crippen LogP contribution in [0.4, 0.5) is 5.13 Å². The summed E-state index contributed by atoms with van der Waals surface area (Å²) < 4.78 is 5.21. The summed E-state index contributed by atoms with van der Waals surface area (Å²) in [5.41, 5.74) is 0.527. The number of aryl methyl sites for hydroxylation is 1. The minimum atomic E-state index is -0.0706. The fraction of sp³-hybridized carbons (Fsp3) is 0.444. The summed E-state index contributed by atoms with van der Waals surface area (Å²) in [4.78, 5) is 28.8. The van der Waals surface area contributed by atoms with E-state index in [-0.39, 0.29) is 24.5 Å². The van der Waals surface area contributed by atoms with Gasteiger partial charge < -0.3 is 14.5 Å². The maximum absolute atomic E-state index is 12.4. The van der Waals surface area contributed by atoms with E-state index in [0.717, 1.165) is 23.2 Å². The molecule has 0 unspecified atom stereocenters. The molecule has 1 aliphatic heterocycles. The highest BCUT2D eigenvalue weighted by Gasteiger charge is 2.23. The van der Waals surface area contributed by atoms with Crippen molar-refractivity contribution in [2.75, 3.05) is 38.2 Å². The minimum absolute atomic E-state index is 0.0151. The van der Waals surface area contributed by atoms with E-state index in [0.29, 0.717) is 24.4 Å². The number of ether oxygens (including phenoxy) is 1. The van der Waals surface area contributed by atoms with E-state index < -0.39 is 0 Å². The van der Waals surface area contributed by atoms with Crippen LogP contribution in [0.5, 0.6) is 5.75 Å². The highest BCUT2D eigenvalue weighted by molar-refractivity contribution is 7.15. The number of benzene rings is 1. The molecule has 2 aromatic rings. The lowest BCUT2D eigenvalue weighted by Gasteiger charge is -2.34. The number of methoxy groups -OCH3 is 1. The molecule has 1 aromatic heterocycles. The van der Waals surface area contributed by atoms with Crippen molar-refractivity contribution < 1.29 is 14.3 Å². The molecule has 1 saturated heterocycles. The van der Waals surface area contributed by atoms with Crippen molar-refractivity contribution in [3.8, 4) is 5.75 Å². The van der Waals surface area contributed by atoms with Crippen LogP contribution in [0.15, 0.2) is 24.3 Å². The van der Waals surface area contributed by atoms with Crippen LogP contribution in [0.25, 0.3) is 0 Å². The Bertz CT molecular complexity index is 784. The highest BCUT2D eigenvalue weighted by atomic mass is 32.1. The lowest BCUT2D eigenvalue weighted by molar-refractivity contribution is -0.131.